The molecule has 11 heteroatoms. The second-order valence-electron chi connectivity index (χ2n) is 14.4. The molecule has 2 aromatic rings. The standard InChI is InChI=1S/C23H31N3O4.C19H24N2O2/c1-5-6-12-21(28)25-13-14-26(22(29)30-23(2,3)4)19(17-25)16-24-20(27)15-18-10-8-7-9-11-18;1-2-3-11-19(23)21-12-7-10-17(15-21)14-20-18(22)13-16-8-5-4-6-9-16/h1,7-11,19H,6,12-17H2,2-4H3,(H,24,27);1,4-6,8-9,17H,3,7,10-15H2,(H,20,22). The molecule has 0 saturated carbocycles. The third-order valence-electron chi connectivity index (χ3n) is 8.84. The fraction of sp³-hybridized carbons (Fsp3) is 0.500. The number of benzene rings is 2. The third-order valence-corrected chi connectivity index (χ3v) is 8.84. The van der Waals surface area contributed by atoms with Crippen molar-refractivity contribution in [3.05, 3.63) is 71.8 Å². The van der Waals surface area contributed by atoms with Gasteiger partial charge in [-0.15, -0.1) is 24.7 Å². The van der Waals surface area contributed by atoms with E-state index in [9.17, 15) is 24.0 Å². The van der Waals surface area contributed by atoms with Crippen LogP contribution in [0.15, 0.2) is 60.7 Å². The number of carbonyl (C=O) groups is 5. The summed E-state index contributed by atoms with van der Waals surface area (Å²) in [7, 11) is 0. The van der Waals surface area contributed by atoms with E-state index in [1.165, 1.54) is 0 Å². The van der Waals surface area contributed by atoms with E-state index in [-0.39, 0.29) is 49.1 Å². The molecule has 0 aromatic heterocycles. The van der Waals surface area contributed by atoms with Crippen LogP contribution >= 0.6 is 0 Å². The first-order valence-electron chi connectivity index (χ1n) is 18.4. The normalized spacial score (nSPS) is 16.9. The highest BCUT2D eigenvalue weighted by molar-refractivity contribution is 5.80. The van der Waals surface area contributed by atoms with Crippen molar-refractivity contribution in [2.24, 2.45) is 5.92 Å². The Morgan fingerprint density at radius 2 is 1.25 bits per heavy atom. The summed E-state index contributed by atoms with van der Waals surface area (Å²) < 4.78 is 5.51. The van der Waals surface area contributed by atoms with Crippen molar-refractivity contribution in [3.8, 4) is 24.7 Å². The second-order valence-corrected chi connectivity index (χ2v) is 14.4. The molecule has 0 bridgehead atoms. The highest BCUT2D eigenvalue weighted by Crippen LogP contribution is 2.18. The van der Waals surface area contributed by atoms with Gasteiger partial charge in [-0.25, -0.2) is 4.79 Å². The average molecular weight is 726 g/mol. The van der Waals surface area contributed by atoms with Gasteiger partial charge >= 0.3 is 6.09 Å². The Labute approximate surface area is 315 Å². The lowest BCUT2D eigenvalue weighted by atomic mass is 9.97. The summed E-state index contributed by atoms with van der Waals surface area (Å²) in [6.45, 7) is 8.89. The summed E-state index contributed by atoms with van der Waals surface area (Å²) in [4.78, 5) is 66.6. The molecule has 2 saturated heterocycles. The van der Waals surface area contributed by atoms with E-state index < -0.39 is 11.7 Å². The number of amides is 5. The molecule has 2 aliphatic heterocycles. The maximum absolute atomic E-state index is 12.7. The van der Waals surface area contributed by atoms with Crippen LogP contribution in [0.4, 0.5) is 4.79 Å². The summed E-state index contributed by atoms with van der Waals surface area (Å²) >= 11 is 0. The smallest absolute Gasteiger partial charge is 0.410 e. The molecule has 53 heavy (non-hydrogen) atoms. The minimum Gasteiger partial charge on any atom is -0.444 e. The SMILES string of the molecule is C#CCCC(=O)N1CCCC(CNC(=O)Cc2ccccc2)C1.C#CCCC(=O)N1CCN(C(=O)OC(C)(C)C)C(CNC(=O)Cc2ccccc2)C1. The second kappa shape index (κ2) is 21.9. The molecule has 11 nitrogen and oxygen atoms in total. The van der Waals surface area contributed by atoms with Crippen molar-refractivity contribution >= 4 is 29.7 Å². The van der Waals surface area contributed by atoms with Gasteiger partial charge in [-0.3, -0.25) is 24.1 Å². The van der Waals surface area contributed by atoms with Crippen LogP contribution in [-0.4, -0.2) is 102 Å². The van der Waals surface area contributed by atoms with E-state index in [2.05, 4.69) is 22.5 Å². The molecule has 2 N–H and O–H groups in total. The van der Waals surface area contributed by atoms with E-state index in [0.717, 1.165) is 37.1 Å². The number of piperazine rings is 1. The third kappa shape index (κ3) is 15.9. The first kappa shape index (κ1) is 42.1. The number of carbonyl (C=O) groups excluding carboxylic acids is 5. The Balaban J connectivity index is 0.000000295. The molecule has 2 aliphatic rings. The van der Waals surface area contributed by atoms with Crippen molar-refractivity contribution in [3.63, 3.8) is 0 Å². The van der Waals surface area contributed by atoms with Crippen LogP contribution in [0.25, 0.3) is 0 Å². The lowest BCUT2D eigenvalue weighted by Crippen LogP contribution is -2.60. The summed E-state index contributed by atoms with van der Waals surface area (Å²) in [5, 5.41) is 5.89. The predicted molar refractivity (Wildman–Crippen MR) is 205 cm³/mol. The van der Waals surface area contributed by atoms with Crippen LogP contribution in [0, 0.1) is 30.6 Å². The van der Waals surface area contributed by atoms with Gasteiger partial charge < -0.3 is 25.2 Å². The van der Waals surface area contributed by atoms with Gasteiger partial charge in [0.05, 0.1) is 18.9 Å². The Morgan fingerprint density at radius 1 is 0.736 bits per heavy atom. The molecular formula is C42H55N5O6. The number of hydrogen-bond acceptors (Lipinski definition) is 6. The zero-order chi connectivity index (χ0) is 38.6. The fourth-order valence-corrected chi connectivity index (χ4v) is 6.13. The molecule has 2 fully saturated rings. The summed E-state index contributed by atoms with van der Waals surface area (Å²) in [5.41, 5.74) is 1.30. The monoisotopic (exact) mass is 725 g/mol. The lowest BCUT2D eigenvalue weighted by Gasteiger charge is -2.41. The molecule has 4 rings (SSSR count). The predicted octanol–water partition coefficient (Wildman–Crippen LogP) is 4.20. The zero-order valence-electron chi connectivity index (χ0n) is 31.5. The van der Waals surface area contributed by atoms with Gasteiger partial charge in [0.1, 0.15) is 5.60 Å². The van der Waals surface area contributed by atoms with Gasteiger partial charge in [0.2, 0.25) is 23.6 Å². The van der Waals surface area contributed by atoms with Crippen molar-refractivity contribution < 1.29 is 28.7 Å². The van der Waals surface area contributed by atoms with Gasteiger partial charge in [0, 0.05) is 71.5 Å². The highest BCUT2D eigenvalue weighted by Gasteiger charge is 2.35. The fourth-order valence-electron chi connectivity index (χ4n) is 6.13. The van der Waals surface area contributed by atoms with E-state index in [1.54, 1.807) is 30.6 Å². The largest absolute Gasteiger partial charge is 0.444 e. The Bertz CT molecular complexity index is 1580. The van der Waals surface area contributed by atoms with Gasteiger partial charge in [0.15, 0.2) is 0 Å². The first-order valence-corrected chi connectivity index (χ1v) is 18.4. The van der Waals surface area contributed by atoms with Crippen LogP contribution in [0.2, 0.25) is 0 Å². The van der Waals surface area contributed by atoms with Crippen LogP contribution < -0.4 is 10.6 Å². The molecule has 2 heterocycles. The number of hydrogen-bond donors (Lipinski definition) is 2. The molecule has 0 radical (unpaired) electrons. The molecule has 2 unspecified atom stereocenters. The van der Waals surface area contributed by atoms with Gasteiger partial charge in [0.25, 0.3) is 0 Å². The van der Waals surface area contributed by atoms with Crippen LogP contribution in [0.1, 0.15) is 70.4 Å². The van der Waals surface area contributed by atoms with Gasteiger partial charge in [-0.2, -0.15) is 0 Å². The Kier molecular flexibility index (Phi) is 17.4. The van der Waals surface area contributed by atoms with E-state index >= 15 is 0 Å². The molecule has 284 valence electrons. The number of nitrogens with zero attached hydrogens (tertiary/aromatic N) is 3. The van der Waals surface area contributed by atoms with Crippen LogP contribution in [0.5, 0.6) is 0 Å². The zero-order valence-corrected chi connectivity index (χ0v) is 31.5. The minimum absolute atomic E-state index is 0.0342. The summed E-state index contributed by atoms with van der Waals surface area (Å²) in [6, 6.07) is 18.8. The summed E-state index contributed by atoms with van der Waals surface area (Å²) in [6.07, 6.45) is 14.3. The molecule has 0 spiro atoms. The minimum atomic E-state index is -0.627. The van der Waals surface area contributed by atoms with Crippen LogP contribution in [-0.2, 0) is 36.8 Å². The van der Waals surface area contributed by atoms with Crippen molar-refractivity contribution in [2.45, 2.75) is 83.8 Å². The Hall–Kier alpha value is -5.29. The maximum Gasteiger partial charge on any atom is 0.410 e. The molecular weight excluding hydrogens is 670 g/mol. The number of rotatable bonds is 12. The van der Waals surface area contributed by atoms with E-state index in [1.807, 2.05) is 65.6 Å². The highest BCUT2D eigenvalue weighted by atomic mass is 16.6. The average Bonchev–Trinajstić information content (AvgIpc) is 3.14. The number of piperidine rings is 1. The van der Waals surface area contributed by atoms with Gasteiger partial charge in [-0.05, 0) is 50.7 Å². The maximum atomic E-state index is 12.7. The van der Waals surface area contributed by atoms with Gasteiger partial charge in [-0.1, -0.05) is 60.7 Å². The number of ether oxygens (including phenoxy) is 1. The topological polar surface area (TPSA) is 128 Å². The number of likely N-dealkylation sites (tertiary alicyclic amines) is 1. The first-order chi connectivity index (χ1) is 25.4. The summed E-state index contributed by atoms with van der Waals surface area (Å²) in [5.74, 6) is 5.30. The Morgan fingerprint density at radius 3 is 1.75 bits per heavy atom. The molecule has 0 aliphatic carbocycles. The van der Waals surface area contributed by atoms with Crippen molar-refractivity contribution in [2.75, 3.05) is 45.8 Å². The van der Waals surface area contributed by atoms with Crippen molar-refractivity contribution in [1.82, 2.24) is 25.3 Å². The molecule has 2 aromatic carbocycles. The number of nitrogens with one attached hydrogen (secondary N) is 2. The quantitative estimate of drug-likeness (QED) is 0.316. The van der Waals surface area contributed by atoms with Crippen LogP contribution in [0.3, 0.4) is 0 Å². The molecule has 5 amide bonds. The van der Waals surface area contributed by atoms with Crippen molar-refractivity contribution in [1.29, 1.82) is 0 Å². The van der Waals surface area contributed by atoms with E-state index in [0.29, 0.717) is 57.8 Å². The van der Waals surface area contributed by atoms with E-state index in [4.69, 9.17) is 17.6 Å². The number of terminal acetylenes is 2. The molecule has 2 atom stereocenters. The lowest BCUT2D eigenvalue weighted by molar-refractivity contribution is -0.134.